The summed E-state index contributed by atoms with van der Waals surface area (Å²) in [7, 11) is 0. The van der Waals surface area contributed by atoms with E-state index in [0.717, 1.165) is 31.1 Å². The van der Waals surface area contributed by atoms with Crippen LogP contribution in [0.1, 0.15) is 16.1 Å². The minimum atomic E-state index is 0.680. The van der Waals surface area contributed by atoms with E-state index in [1.165, 1.54) is 16.1 Å². The minimum Gasteiger partial charge on any atom is -0.375 e. The summed E-state index contributed by atoms with van der Waals surface area (Å²) in [5.74, 6) is 0. The zero-order valence-electron chi connectivity index (χ0n) is 9.90. The second kappa shape index (κ2) is 4.88. The van der Waals surface area contributed by atoms with Gasteiger partial charge in [-0.15, -0.1) is 11.3 Å². The number of thiazole rings is 1. The van der Waals surface area contributed by atoms with Crippen molar-refractivity contribution in [3.8, 4) is 0 Å². The molecule has 3 rings (SSSR count). The van der Waals surface area contributed by atoms with Gasteiger partial charge in [-0.1, -0.05) is 29.8 Å². The quantitative estimate of drug-likeness (QED) is 0.919. The first-order valence-corrected chi connectivity index (χ1v) is 7.11. The van der Waals surface area contributed by atoms with Gasteiger partial charge < -0.3 is 5.73 Å². The lowest BCUT2D eigenvalue weighted by Crippen LogP contribution is -2.29. The molecule has 0 unspecified atom stereocenters. The van der Waals surface area contributed by atoms with Crippen LogP contribution >= 0.6 is 22.9 Å². The van der Waals surface area contributed by atoms with E-state index in [4.69, 9.17) is 17.3 Å². The summed E-state index contributed by atoms with van der Waals surface area (Å²) in [5, 5.41) is 1.52. The molecule has 1 aliphatic heterocycles. The molecule has 94 valence electrons. The summed E-state index contributed by atoms with van der Waals surface area (Å²) in [6, 6.07) is 8.02. The fourth-order valence-electron chi connectivity index (χ4n) is 2.27. The van der Waals surface area contributed by atoms with Gasteiger partial charge in [0.05, 0.1) is 5.69 Å². The number of halogens is 1. The second-order valence-corrected chi connectivity index (χ2v) is 6.00. The normalized spacial score (nSPS) is 15.6. The van der Waals surface area contributed by atoms with Crippen molar-refractivity contribution in [3.05, 3.63) is 45.4 Å². The summed E-state index contributed by atoms with van der Waals surface area (Å²) in [5.41, 5.74) is 8.10. The largest absolute Gasteiger partial charge is 0.375 e. The Bertz CT molecular complexity index is 567. The third-order valence-corrected chi connectivity index (χ3v) is 4.46. The van der Waals surface area contributed by atoms with Crippen LogP contribution in [0.2, 0.25) is 5.02 Å². The fraction of sp³-hybridized carbons (Fsp3) is 0.308. The summed E-state index contributed by atoms with van der Waals surface area (Å²) in [6.45, 7) is 2.83. The molecule has 0 fully saturated rings. The van der Waals surface area contributed by atoms with Crippen LogP contribution < -0.4 is 5.73 Å². The molecule has 3 nitrogen and oxygen atoms in total. The number of aromatic nitrogens is 1. The SMILES string of the molecule is Nc1nc2c(s1)CN(Cc1ccccc1Cl)CC2. The number of nitrogens with two attached hydrogens (primary N) is 1. The number of anilines is 1. The lowest BCUT2D eigenvalue weighted by atomic mass is 10.1. The molecule has 0 atom stereocenters. The van der Waals surface area contributed by atoms with Gasteiger partial charge in [0.1, 0.15) is 0 Å². The van der Waals surface area contributed by atoms with Gasteiger partial charge in [0.15, 0.2) is 5.13 Å². The molecule has 1 aromatic heterocycles. The topological polar surface area (TPSA) is 42.1 Å². The zero-order valence-corrected chi connectivity index (χ0v) is 11.5. The van der Waals surface area contributed by atoms with Crippen LogP contribution in [0.5, 0.6) is 0 Å². The highest BCUT2D eigenvalue weighted by Crippen LogP contribution is 2.28. The van der Waals surface area contributed by atoms with Crippen molar-refractivity contribution in [2.24, 2.45) is 0 Å². The minimum absolute atomic E-state index is 0.680. The van der Waals surface area contributed by atoms with Gasteiger partial charge in [-0.05, 0) is 11.6 Å². The summed E-state index contributed by atoms with van der Waals surface area (Å²) >= 11 is 7.79. The molecule has 1 aromatic carbocycles. The van der Waals surface area contributed by atoms with Crippen molar-refractivity contribution in [1.29, 1.82) is 0 Å². The molecule has 0 saturated heterocycles. The van der Waals surface area contributed by atoms with Gasteiger partial charge in [-0.2, -0.15) is 0 Å². The molecule has 2 aromatic rings. The molecule has 18 heavy (non-hydrogen) atoms. The van der Waals surface area contributed by atoms with Gasteiger partial charge in [0, 0.05) is 36.0 Å². The highest BCUT2D eigenvalue weighted by molar-refractivity contribution is 7.15. The van der Waals surface area contributed by atoms with Crippen molar-refractivity contribution < 1.29 is 0 Å². The Labute approximate surface area is 115 Å². The van der Waals surface area contributed by atoms with E-state index in [-0.39, 0.29) is 0 Å². The van der Waals surface area contributed by atoms with Gasteiger partial charge >= 0.3 is 0 Å². The first kappa shape index (κ1) is 12.0. The number of rotatable bonds is 2. The Kier molecular flexibility index (Phi) is 3.24. The van der Waals surface area contributed by atoms with Crippen LogP contribution in [-0.2, 0) is 19.5 Å². The molecule has 0 spiro atoms. The van der Waals surface area contributed by atoms with Gasteiger partial charge in [0.2, 0.25) is 0 Å². The summed E-state index contributed by atoms with van der Waals surface area (Å²) < 4.78 is 0. The van der Waals surface area contributed by atoms with Crippen LogP contribution in [0.3, 0.4) is 0 Å². The predicted molar refractivity (Wildman–Crippen MR) is 75.8 cm³/mol. The van der Waals surface area contributed by atoms with E-state index < -0.39 is 0 Å². The first-order valence-electron chi connectivity index (χ1n) is 5.92. The molecular formula is C13H14ClN3S. The van der Waals surface area contributed by atoms with Crippen molar-refractivity contribution in [2.45, 2.75) is 19.5 Å². The van der Waals surface area contributed by atoms with E-state index in [1.54, 1.807) is 11.3 Å². The van der Waals surface area contributed by atoms with E-state index in [0.29, 0.717) is 5.13 Å². The second-order valence-electron chi connectivity index (χ2n) is 4.47. The Morgan fingerprint density at radius 3 is 3.06 bits per heavy atom. The molecule has 0 amide bonds. The highest BCUT2D eigenvalue weighted by Gasteiger charge is 2.20. The maximum atomic E-state index is 6.19. The fourth-order valence-corrected chi connectivity index (χ4v) is 3.39. The highest BCUT2D eigenvalue weighted by atomic mass is 35.5. The lowest BCUT2D eigenvalue weighted by molar-refractivity contribution is 0.247. The molecule has 0 aliphatic carbocycles. The van der Waals surface area contributed by atoms with E-state index in [2.05, 4.69) is 16.0 Å². The Hall–Kier alpha value is -1.10. The Balaban J connectivity index is 1.75. The summed E-state index contributed by atoms with van der Waals surface area (Å²) in [6.07, 6.45) is 0.980. The third-order valence-electron chi connectivity index (χ3n) is 3.18. The monoisotopic (exact) mass is 279 g/mol. The van der Waals surface area contributed by atoms with Gasteiger partial charge in [-0.3, -0.25) is 4.90 Å². The van der Waals surface area contributed by atoms with Crippen molar-refractivity contribution >= 4 is 28.1 Å². The van der Waals surface area contributed by atoms with Crippen LogP contribution in [0.15, 0.2) is 24.3 Å². The van der Waals surface area contributed by atoms with Crippen LogP contribution in [-0.4, -0.2) is 16.4 Å². The van der Waals surface area contributed by atoms with E-state index >= 15 is 0 Å². The molecule has 0 bridgehead atoms. The number of hydrogen-bond donors (Lipinski definition) is 1. The first-order chi connectivity index (χ1) is 8.72. The Morgan fingerprint density at radius 2 is 2.22 bits per heavy atom. The molecule has 0 saturated carbocycles. The molecule has 5 heteroatoms. The number of nitrogens with zero attached hydrogens (tertiary/aromatic N) is 2. The van der Waals surface area contributed by atoms with Crippen molar-refractivity contribution in [3.63, 3.8) is 0 Å². The molecule has 0 radical (unpaired) electrons. The molecule has 2 heterocycles. The van der Waals surface area contributed by atoms with E-state index in [1.807, 2.05) is 18.2 Å². The predicted octanol–water partition coefficient (Wildman–Crippen LogP) is 2.94. The number of nitrogen functional groups attached to an aromatic ring is 1. The maximum Gasteiger partial charge on any atom is 0.180 e. The van der Waals surface area contributed by atoms with Crippen LogP contribution in [0.25, 0.3) is 0 Å². The average molecular weight is 280 g/mol. The average Bonchev–Trinajstić information content (AvgIpc) is 2.71. The number of benzene rings is 1. The maximum absolute atomic E-state index is 6.19. The van der Waals surface area contributed by atoms with Crippen molar-refractivity contribution in [1.82, 2.24) is 9.88 Å². The Morgan fingerprint density at radius 1 is 1.39 bits per heavy atom. The number of fused-ring (bicyclic) bond motifs is 1. The van der Waals surface area contributed by atoms with E-state index in [9.17, 15) is 0 Å². The van der Waals surface area contributed by atoms with Crippen LogP contribution in [0.4, 0.5) is 5.13 Å². The molecular weight excluding hydrogens is 266 g/mol. The van der Waals surface area contributed by atoms with Crippen molar-refractivity contribution in [2.75, 3.05) is 12.3 Å². The summed E-state index contributed by atoms with van der Waals surface area (Å²) in [4.78, 5) is 8.04. The zero-order chi connectivity index (χ0) is 12.5. The molecule has 1 aliphatic rings. The van der Waals surface area contributed by atoms with Crippen LogP contribution in [0, 0.1) is 0 Å². The third kappa shape index (κ3) is 2.36. The molecule has 2 N–H and O–H groups in total. The number of hydrogen-bond acceptors (Lipinski definition) is 4. The van der Waals surface area contributed by atoms with Gasteiger partial charge in [0.25, 0.3) is 0 Å². The van der Waals surface area contributed by atoms with Gasteiger partial charge in [-0.25, -0.2) is 4.98 Å². The smallest absolute Gasteiger partial charge is 0.180 e. The standard InChI is InChI=1S/C13H14ClN3S/c14-10-4-2-1-3-9(10)7-17-6-5-11-12(8-17)18-13(15)16-11/h1-4H,5-8H2,(H2,15,16). The lowest BCUT2D eigenvalue weighted by Gasteiger charge is -2.26.